The highest BCUT2D eigenvalue weighted by Gasteiger charge is 2.24. The van der Waals surface area contributed by atoms with Gasteiger partial charge in [0.1, 0.15) is 11.6 Å². The van der Waals surface area contributed by atoms with E-state index in [1.807, 2.05) is 53.9 Å². The fraction of sp³-hybridized carbons (Fsp3) is 0.345. The number of rotatable bonds is 9. The smallest absolute Gasteiger partial charge is 0.222 e. The van der Waals surface area contributed by atoms with Crippen molar-refractivity contribution in [1.82, 2.24) is 4.90 Å². The molecule has 0 radical (unpaired) electrons. The average Bonchev–Trinajstić information content (AvgIpc) is 2.95. The number of carbonyl (C=O) groups excluding carboxylic acids is 1. The first-order chi connectivity index (χ1) is 18.4. The van der Waals surface area contributed by atoms with Crippen LogP contribution in [0.1, 0.15) is 36.9 Å². The first-order valence-corrected chi connectivity index (χ1v) is 14.7. The molecule has 0 spiro atoms. The molecule has 0 saturated carbocycles. The van der Waals surface area contributed by atoms with Crippen molar-refractivity contribution >= 4 is 46.9 Å². The molecule has 4 rings (SSSR count). The van der Waals surface area contributed by atoms with Gasteiger partial charge in [-0.25, -0.2) is 8.78 Å². The van der Waals surface area contributed by atoms with E-state index in [0.29, 0.717) is 18.6 Å². The van der Waals surface area contributed by atoms with Crippen molar-refractivity contribution in [2.24, 2.45) is 0 Å². The quantitative estimate of drug-likeness (QED) is 0.237. The molecule has 1 aliphatic rings. The van der Waals surface area contributed by atoms with Crippen LogP contribution < -0.4 is 4.31 Å². The van der Waals surface area contributed by atoms with Crippen LogP contribution in [0.2, 0.25) is 5.02 Å². The minimum atomic E-state index is -0.497. The van der Waals surface area contributed by atoms with E-state index in [0.717, 1.165) is 65.6 Å². The SMILES string of the molecule is CC(c1ccccc1CCCC(=O)N1CCSCC1)N(Sc1ccc(Cl)cc1)c1cc(F)ccc1F.CF. The van der Waals surface area contributed by atoms with Crippen LogP contribution in [0.15, 0.2) is 71.6 Å². The summed E-state index contributed by atoms with van der Waals surface area (Å²) < 4.78 is 40.4. The number of nitrogens with zero attached hydrogens (tertiary/aromatic N) is 2. The zero-order valence-electron chi connectivity index (χ0n) is 21.5. The standard InChI is InChI=1S/C28H29ClF2N2OS2.CH3F/c1-20(25-7-3-2-5-21(25)6-4-8-28(34)32-15-17-35-18-16-32)33(27-19-23(30)11-14-26(27)31)36-24-12-9-22(29)10-13-24;1-2/h2-3,5,7,9-14,19-20H,4,6,8,15-18H2,1H3;1H3. The lowest BCUT2D eigenvalue weighted by atomic mass is 9.97. The summed E-state index contributed by atoms with van der Waals surface area (Å²) in [5.41, 5.74) is 2.30. The van der Waals surface area contributed by atoms with Gasteiger partial charge in [-0.2, -0.15) is 11.8 Å². The van der Waals surface area contributed by atoms with Crippen molar-refractivity contribution in [1.29, 1.82) is 0 Å². The fourth-order valence-electron chi connectivity index (χ4n) is 4.30. The molecule has 0 aromatic heterocycles. The van der Waals surface area contributed by atoms with Crippen LogP contribution in [0.4, 0.5) is 18.9 Å². The number of aryl methyl sites for hydroxylation is 1. The average molecular weight is 581 g/mol. The van der Waals surface area contributed by atoms with Crippen LogP contribution in [0.3, 0.4) is 0 Å². The lowest BCUT2D eigenvalue weighted by Gasteiger charge is -2.32. The number of alkyl halides is 1. The first-order valence-electron chi connectivity index (χ1n) is 12.4. The van der Waals surface area contributed by atoms with Crippen molar-refractivity contribution in [3.63, 3.8) is 0 Å². The molecule has 0 aliphatic carbocycles. The maximum atomic E-state index is 14.9. The molecule has 1 amide bonds. The van der Waals surface area contributed by atoms with Gasteiger partial charge in [-0.3, -0.25) is 9.18 Å². The highest BCUT2D eigenvalue weighted by Crippen LogP contribution is 2.40. The van der Waals surface area contributed by atoms with Crippen molar-refractivity contribution in [2.75, 3.05) is 36.1 Å². The minimum Gasteiger partial charge on any atom is -0.341 e. The van der Waals surface area contributed by atoms with Gasteiger partial charge >= 0.3 is 0 Å². The van der Waals surface area contributed by atoms with Gasteiger partial charge in [0.15, 0.2) is 0 Å². The third-order valence-electron chi connectivity index (χ3n) is 6.22. The second kappa shape index (κ2) is 15.3. The molecule has 0 bridgehead atoms. The van der Waals surface area contributed by atoms with Gasteiger partial charge < -0.3 is 9.21 Å². The summed E-state index contributed by atoms with van der Waals surface area (Å²) in [5.74, 6) is 1.23. The van der Waals surface area contributed by atoms with Crippen molar-refractivity contribution in [3.05, 3.63) is 94.5 Å². The highest BCUT2D eigenvalue weighted by molar-refractivity contribution is 8.00. The zero-order chi connectivity index (χ0) is 27.5. The second-order valence-corrected chi connectivity index (χ2v) is 11.4. The molecule has 1 aliphatic heterocycles. The maximum Gasteiger partial charge on any atom is 0.222 e. The molecule has 9 heteroatoms. The van der Waals surface area contributed by atoms with E-state index >= 15 is 0 Å². The molecular formula is C29H32ClF3N2OS2. The number of amides is 1. The predicted octanol–water partition coefficient (Wildman–Crippen LogP) is 8.38. The lowest BCUT2D eigenvalue weighted by Crippen LogP contribution is -2.37. The third-order valence-corrected chi connectivity index (χ3v) is 8.61. The minimum absolute atomic E-state index is 0.176. The Bertz CT molecular complexity index is 1180. The summed E-state index contributed by atoms with van der Waals surface area (Å²) >= 11 is 9.28. The van der Waals surface area contributed by atoms with Gasteiger partial charge in [0.25, 0.3) is 0 Å². The summed E-state index contributed by atoms with van der Waals surface area (Å²) in [6.45, 7) is 3.64. The van der Waals surface area contributed by atoms with E-state index < -0.39 is 11.6 Å². The predicted molar refractivity (Wildman–Crippen MR) is 155 cm³/mol. The number of carbonyl (C=O) groups is 1. The highest BCUT2D eigenvalue weighted by atomic mass is 35.5. The van der Waals surface area contributed by atoms with E-state index in [1.165, 1.54) is 18.0 Å². The molecule has 0 N–H and O–H groups in total. The Kier molecular flexibility index (Phi) is 12.2. The Labute approximate surface area is 236 Å². The van der Waals surface area contributed by atoms with Crippen LogP contribution >= 0.6 is 35.3 Å². The van der Waals surface area contributed by atoms with Crippen LogP contribution in [-0.4, -0.2) is 42.6 Å². The number of thioether (sulfide) groups is 1. The van der Waals surface area contributed by atoms with Gasteiger partial charge in [-0.05, 0) is 79.2 Å². The molecule has 1 heterocycles. The van der Waals surface area contributed by atoms with Gasteiger partial charge in [-0.15, -0.1) is 0 Å². The van der Waals surface area contributed by atoms with Crippen molar-refractivity contribution < 1.29 is 18.0 Å². The lowest BCUT2D eigenvalue weighted by molar-refractivity contribution is -0.130. The molecule has 204 valence electrons. The Morgan fingerprint density at radius 1 is 1.05 bits per heavy atom. The Morgan fingerprint density at radius 2 is 1.74 bits per heavy atom. The molecule has 3 aromatic rings. The number of halogens is 4. The summed E-state index contributed by atoms with van der Waals surface area (Å²) in [5, 5.41) is 0.610. The summed E-state index contributed by atoms with van der Waals surface area (Å²) in [6.07, 6.45) is 1.99. The number of anilines is 1. The maximum absolute atomic E-state index is 14.9. The fourth-order valence-corrected chi connectivity index (χ4v) is 6.32. The number of hydrogen-bond acceptors (Lipinski definition) is 4. The number of hydrogen-bond donors (Lipinski definition) is 0. The van der Waals surface area contributed by atoms with E-state index in [-0.39, 0.29) is 17.6 Å². The van der Waals surface area contributed by atoms with Gasteiger partial charge in [0.05, 0.1) is 18.9 Å². The topological polar surface area (TPSA) is 23.6 Å². The summed E-state index contributed by atoms with van der Waals surface area (Å²) in [7, 11) is 0.500. The van der Waals surface area contributed by atoms with E-state index in [2.05, 4.69) is 6.07 Å². The molecule has 3 aromatic carbocycles. The zero-order valence-corrected chi connectivity index (χ0v) is 23.9. The van der Waals surface area contributed by atoms with Gasteiger partial charge in [-0.1, -0.05) is 35.9 Å². The molecule has 3 nitrogen and oxygen atoms in total. The second-order valence-electron chi connectivity index (χ2n) is 8.69. The normalized spacial score (nSPS) is 13.9. The van der Waals surface area contributed by atoms with Crippen LogP contribution in [0.25, 0.3) is 0 Å². The Morgan fingerprint density at radius 3 is 2.45 bits per heavy atom. The first kappa shape index (κ1) is 30.3. The molecule has 1 saturated heterocycles. The van der Waals surface area contributed by atoms with Crippen molar-refractivity contribution in [2.45, 2.75) is 37.1 Å². The Balaban J connectivity index is 0.00000195. The van der Waals surface area contributed by atoms with Crippen LogP contribution in [0, 0.1) is 11.6 Å². The molecular weight excluding hydrogens is 549 g/mol. The molecule has 38 heavy (non-hydrogen) atoms. The number of benzene rings is 3. The van der Waals surface area contributed by atoms with Crippen LogP contribution in [0.5, 0.6) is 0 Å². The van der Waals surface area contributed by atoms with Crippen molar-refractivity contribution in [3.8, 4) is 0 Å². The van der Waals surface area contributed by atoms with E-state index in [4.69, 9.17) is 11.6 Å². The molecule has 1 fully saturated rings. The van der Waals surface area contributed by atoms with Crippen LogP contribution in [-0.2, 0) is 11.2 Å². The summed E-state index contributed by atoms with van der Waals surface area (Å²) in [6, 6.07) is 18.5. The van der Waals surface area contributed by atoms with Gasteiger partial charge in [0, 0.05) is 47.0 Å². The van der Waals surface area contributed by atoms with Gasteiger partial charge in [0.2, 0.25) is 5.91 Å². The van der Waals surface area contributed by atoms with E-state index in [9.17, 15) is 18.0 Å². The Hall–Kier alpha value is -2.29. The summed E-state index contributed by atoms with van der Waals surface area (Å²) in [4.78, 5) is 15.4. The monoisotopic (exact) mass is 580 g/mol. The largest absolute Gasteiger partial charge is 0.341 e. The van der Waals surface area contributed by atoms with E-state index in [1.54, 1.807) is 16.4 Å². The third kappa shape index (κ3) is 8.35. The molecule has 1 atom stereocenters. The molecule has 1 unspecified atom stereocenters.